The Bertz CT molecular complexity index is 858. The quantitative estimate of drug-likeness (QED) is 0.639. The molecule has 1 saturated heterocycles. The van der Waals surface area contributed by atoms with Gasteiger partial charge in [0.2, 0.25) is 0 Å². The van der Waals surface area contributed by atoms with E-state index in [1.165, 1.54) is 11.1 Å². The van der Waals surface area contributed by atoms with Crippen LogP contribution in [0.2, 0.25) is 0 Å². The molecule has 1 aliphatic heterocycles. The lowest BCUT2D eigenvalue weighted by atomic mass is 9.77. The van der Waals surface area contributed by atoms with Gasteiger partial charge < -0.3 is 10.0 Å². The number of nitrogens with zero attached hydrogens (tertiary/aromatic N) is 2. The number of benzene rings is 3. The largest absolute Gasteiger partial charge is 0.488 e. The van der Waals surface area contributed by atoms with Crippen LogP contribution in [-0.2, 0) is 6.54 Å². The SMILES string of the molecule is OB(O)c1ccccc1CN1CCN(C(c2ccccc2)c2ccccc2)CC1. The van der Waals surface area contributed by atoms with Crippen molar-refractivity contribution in [2.45, 2.75) is 12.6 Å². The van der Waals surface area contributed by atoms with Gasteiger partial charge in [-0.25, -0.2) is 0 Å². The van der Waals surface area contributed by atoms with Crippen molar-refractivity contribution in [3.05, 3.63) is 102 Å². The van der Waals surface area contributed by atoms with Gasteiger partial charge in [0.05, 0.1) is 6.04 Å². The van der Waals surface area contributed by atoms with Crippen LogP contribution in [0, 0.1) is 0 Å². The molecule has 5 heteroatoms. The van der Waals surface area contributed by atoms with Gasteiger partial charge in [0.1, 0.15) is 0 Å². The van der Waals surface area contributed by atoms with Crippen molar-refractivity contribution >= 4 is 12.6 Å². The highest BCUT2D eigenvalue weighted by Gasteiger charge is 2.27. The molecule has 4 nitrogen and oxygen atoms in total. The zero-order valence-electron chi connectivity index (χ0n) is 16.6. The Morgan fingerprint density at radius 3 is 1.76 bits per heavy atom. The zero-order chi connectivity index (χ0) is 20.1. The van der Waals surface area contributed by atoms with E-state index < -0.39 is 7.12 Å². The molecule has 1 fully saturated rings. The van der Waals surface area contributed by atoms with Gasteiger partial charge in [-0.15, -0.1) is 0 Å². The Morgan fingerprint density at radius 1 is 0.690 bits per heavy atom. The molecule has 0 radical (unpaired) electrons. The first-order chi connectivity index (χ1) is 14.2. The van der Waals surface area contributed by atoms with Crippen molar-refractivity contribution < 1.29 is 10.0 Å². The van der Waals surface area contributed by atoms with Crippen LogP contribution in [0.3, 0.4) is 0 Å². The number of hydrogen-bond donors (Lipinski definition) is 2. The molecule has 1 aliphatic rings. The predicted molar refractivity (Wildman–Crippen MR) is 118 cm³/mol. The lowest BCUT2D eigenvalue weighted by Crippen LogP contribution is -2.48. The monoisotopic (exact) mass is 386 g/mol. The summed E-state index contributed by atoms with van der Waals surface area (Å²) in [4.78, 5) is 4.94. The summed E-state index contributed by atoms with van der Waals surface area (Å²) in [5.74, 6) is 0. The molecule has 0 spiro atoms. The van der Waals surface area contributed by atoms with Gasteiger partial charge in [-0.2, -0.15) is 0 Å². The maximum atomic E-state index is 9.63. The van der Waals surface area contributed by atoms with Crippen LogP contribution in [0.15, 0.2) is 84.9 Å². The van der Waals surface area contributed by atoms with Crippen LogP contribution in [0.25, 0.3) is 0 Å². The highest BCUT2D eigenvalue weighted by atomic mass is 16.4. The minimum Gasteiger partial charge on any atom is -0.423 e. The molecular weight excluding hydrogens is 359 g/mol. The smallest absolute Gasteiger partial charge is 0.423 e. The Hall–Kier alpha value is -2.44. The third-order valence-corrected chi connectivity index (χ3v) is 5.73. The van der Waals surface area contributed by atoms with Gasteiger partial charge in [0, 0.05) is 32.7 Å². The molecule has 2 N–H and O–H groups in total. The second kappa shape index (κ2) is 9.38. The average Bonchev–Trinajstić information content (AvgIpc) is 2.77. The van der Waals surface area contributed by atoms with E-state index in [0.717, 1.165) is 38.3 Å². The highest BCUT2D eigenvalue weighted by molar-refractivity contribution is 6.59. The van der Waals surface area contributed by atoms with Gasteiger partial charge in [0.25, 0.3) is 0 Å². The van der Waals surface area contributed by atoms with E-state index in [1.54, 1.807) is 6.07 Å². The van der Waals surface area contributed by atoms with Crippen molar-refractivity contribution in [1.82, 2.24) is 9.80 Å². The van der Waals surface area contributed by atoms with Crippen LogP contribution in [0.1, 0.15) is 22.7 Å². The summed E-state index contributed by atoms with van der Waals surface area (Å²) in [5.41, 5.74) is 4.22. The standard InChI is InChI=1S/C24H27BN2O2/c28-25(29)23-14-8-7-13-22(23)19-26-15-17-27(18-16-26)24(20-9-3-1-4-10-20)21-11-5-2-6-12-21/h1-14,24,28-29H,15-19H2. The minimum absolute atomic E-state index is 0.256. The summed E-state index contributed by atoms with van der Waals surface area (Å²) in [6, 6.07) is 29.2. The van der Waals surface area contributed by atoms with Gasteiger partial charge in [-0.3, -0.25) is 9.80 Å². The van der Waals surface area contributed by atoms with E-state index in [2.05, 4.69) is 70.5 Å². The first-order valence-electron chi connectivity index (χ1n) is 10.2. The molecular formula is C24H27BN2O2. The summed E-state index contributed by atoms with van der Waals surface area (Å²) < 4.78 is 0. The molecule has 3 aromatic rings. The van der Waals surface area contributed by atoms with E-state index in [4.69, 9.17) is 0 Å². The van der Waals surface area contributed by atoms with Gasteiger partial charge >= 0.3 is 7.12 Å². The fourth-order valence-electron chi connectivity index (χ4n) is 4.24. The summed E-state index contributed by atoms with van der Waals surface area (Å²) in [5, 5.41) is 19.3. The van der Waals surface area contributed by atoms with Crippen LogP contribution in [0.4, 0.5) is 0 Å². The number of hydrogen-bond acceptors (Lipinski definition) is 4. The molecule has 1 heterocycles. The van der Waals surface area contributed by atoms with Gasteiger partial charge in [-0.05, 0) is 22.2 Å². The molecule has 0 bridgehead atoms. The van der Waals surface area contributed by atoms with E-state index in [1.807, 2.05) is 18.2 Å². The molecule has 0 unspecified atom stereocenters. The lowest BCUT2D eigenvalue weighted by Gasteiger charge is -2.40. The first kappa shape index (κ1) is 19.9. The van der Waals surface area contributed by atoms with Crippen molar-refractivity contribution in [3.8, 4) is 0 Å². The Morgan fingerprint density at radius 2 is 1.21 bits per heavy atom. The molecule has 0 amide bonds. The van der Waals surface area contributed by atoms with Crippen molar-refractivity contribution in [2.75, 3.05) is 26.2 Å². The maximum Gasteiger partial charge on any atom is 0.488 e. The normalized spacial score (nSPS) is 15.6. The second-order valence-corrected chi connectivity index (χ2v) is 7.61. The minimum atomic E-state index is -1.42. The third-order valence-electron chi connectivity index (χ3n) is 5.73. The van der Waals surface area contributed by atoms with E-state index in [-0.39, 0.29) is 6.04 Å². The van der Waals surface area contributed by atoms with Crippen molar-refractivity contribution in [2.24, 2.45) is 0 Å². The Kier molecular flexibility index (Phi) is 6.42. The summed E-state index contributed by atoms with van der Waals surface area (Å²) in [6.07, 6.45) is 0. The Labute approximate surface area is 173 Å². The van der Waals surface area contributed by atoms with E-state index >= 15 is 0 Å². The third kappa shape index (κ3) is 4.77. The fraction of sp³-hybridized carbons (Fsp3) is 0.250. The van der Waals surface area contributed by atoms with E-state index in [9.17, 15) is 10.0 Å². The average molecular weight is 386 g/mol. The predicted octanol–water partition coefficient (Wildman–Crippen LogP) is 2.27. The molecule has 0 aromatic heterocycles. The lowest BCUT2D eigenvalue weighted by molar-refractivity contribution is 0.105. The van der Waals surface area contributed by atoms with Crippen molar-refractivity contribution in [3.63, 3.8) is 0 Å². The second-order valence-electron chi connectivity index (χ2n) is 7.61. The maximum absolute atomic E-state index is 9.63. The highest BCUT2D eigenvalue weighted by Crippen LogP contribution is 2.29. The summed E-state index contributed by atoms with van der Waals surface area (Å²) >= 11 is 0. The topological polar surface area (TPSA) is 46.9 Å². The number of piperazine rings is 1. The molecule has 0 aliphatic carbocycles. The van der Waals surface area contributed by atoms with Crippen LogP contribution in [-0.4, -0.2) is 53.1 Å². The molecule has 0 saturated carbocycles. The molecule has 3 aromatic carbocycles. The molecule has 29 heavy (non-hydrogen) atoms. The van der Waals surface area contributed by atoms with Crippen LogP contribution >= 0.6 is 0 Å². The Balaban J connectivity index is 1.48. The molecule has 4 rings (SSSR count). The van der Waals surface area contributed by atoms with Crippen LogP contribution < -0.4 is 5.46 Å². The van der Waals surface area contributed by atoms with Crippen molar-refractivity contribution in [1.29, 1.82) is 0 Å². The zero-order valence-corrected chi connectivity index (χ0v) is 16.6. The van der Waals surface area contributed by atoms with Crippen LogP contribution in [0.5, 0.6) is 0 Å². The van der Waals surface area contributed by atoms with Gasteiger partial charge in [-0.1, -0.05) is 84.9 Å². The first-order valence-corrected chi connectivity index (χ1v) is 10.2. The van der Waals surface area contributed by atoms with Gasteiger partial charge in [0.15, 0.2) is 0 Å². The molecule has 0 atom stereocenters. The fourth-order valence-corrected chi connectivity index (χ4v) is 4.24. The van der Waals surface area contributed by atoms with E-state index in [0.29, 0.717) is 5.46 Å². The summed E-state index contributed by atoms with van der Waals surface area (Å²) in [7, 11) is -1.42. The summed E-state index contributed by atoms with van der Waals surface area (Å²) in [6.45, 7) is 4.58. The molecule has 148 valence electrons. The number of rotatable bonds is 6.